The number of amides is 1. The second-order valence-electron chi connectivity index (χ2n) is 5.62. The molecule has 0 aliphatic rings. The fourth-order valence-electron chi connectivity index (χ4n) is 2.01. The van der Waals surface area contributed by atoms with Crippen LogP contribution in [-0.4, -0.2) is 24.5 Å². The number of ether oxygens (including phenoxy) is 1. The first-order valence-electron chi connectivity index (χ1n) is 8.60. The van der Waals surface area contributed by atoms with E-state index >= 15 is 0 Å². The number of nitrogens with one attached hydrogen (secondary N) is 1. The Hall–Kier alpha value is -1.98. The highest BCUT2D eigenvalue weighted by molar-refractivity contribution is 7.99. The average molecular weight is 391 g/mol. The minimum absolute atomic E-state index is 0.109. The third-order valence-electron chi connectivity index (χ3n) is 3.46. The van der Waals surface area contributed by atoms with E-state index in [1.807, 2.05) is 48.5 Å². The molecule has 138 valence electrons. The number of unbranched alkanes of at least 4 members (excludes halogenated alkanes) is 1. The molecule has 0 atom stereocenters. The summed E-state index contributed by atoms with van der Waals surface area (Å²) in [6, 6.07) is 15.2. The van der Waals surface area contributed by atoms with Crippen molar-refractivity contribution in [3.63, 3.8) is 0 Å². The SMILES string of the molecule is CCCCOc1ccc(/C=N\NC(=O)CCSc2ccc(Cl)cc2)cc1. The van der Waals surface area contributed by atoms with Crippen molar-refractivity contribution < 1.29 is 9.53 Å². The maximum absolute atomic E-state index is 11.8. The van der Waals surface area contributed by atoms with E-state index in [1.54, 1.807) is 18.0 Å². The molecule has 0 spiro atoms. The number of hydrogen-bond donors (Lipinski definition) is 1. The highest BCUT2D eigenvalue weighted by atomic mass is 35.5. The molecule has 0 unspecified atom stereocenters. The van der Waals surface area contributed by atoms with Crippen molar-refractivity contribution in [1.82, 2.24) is 5.43 Å². The van der Waals surface area contributed by atoms with Crippen molar-refractivity contribution in [3.05, 3.63) is 59.1 Å². The van der Waals surface area contributed by atoms with Gasteiger partial charge < -0.3 is 4.74 Å². The normalized spacial score (nSPS) is 10.8. The number of rotatable bonds is 10. The number of carbonyl (C=O) groups excluding carboxylic acids is 1. The van der Waals surface area contributed by atoms with E-state index in [1.165, 1.54) is 0 Å². The summed E-state index contributed by atoms with van der Waals surface area (Å²) in [5, 5.41) is 4.70. The molecule has 0 aliphatic heterocycles. The summed E-state index contributed by atoms with van der Waals surface area (Å²) in [6.45, 7) is 2.86. The summed E-state index contributed by atoms with van der Waals surface area (Å²) in [4.78, 5) is 12.9. The van der Waals surface area contributed by atoms with Crippen molar-refractivity contribution in [3.8, 4) is 5.75 Å². The molecule has 0 radical (unpaired) electrons. The molecule has 1 amide bonds. The zero-order valence-electron chi connectivity index (χ0n) is 14.8. The van der Waals surface area contributed by atoms with Gasteiger partial charge in [0, 0.05) is 22.1 Å². The molecule has 26 heavy (non-hydrogen) atoms. The first-order chi connectivity index (χ1) is 12.7. The predicted molar refractivity (Wildman–Crippen MR) is 109 cm³/mol. The lowest BCUT2D eigenvalue weighted by Gasteiger charge is -2.05. The van der Waals surface area contributed by atoms with Gasteiger partial charge in [-0.2, -0.15) is 5.10 Å². The van der Waals surface area contributed by atoms with Crippen LogP contribution in [0.3, 0.4) is 0 Å². The smallest absolute Gasteiger partial charge is 0.240 e. The Balaban J connectivity index is 1.66. The lowest BCUT2D eigenvalue weighted by atomic mass is 10.2. The third kappa shape index (κ3) is 7.93. The molecule has 0 aliphatic carbocycles. The molecule has 1 N–H and O–H groups in total. The second kappa shape index (κ2) is 11.6. The van der Waals surface area contributed by atoms with Crippen LogP contribution < -0.4 is 10.2 Å². The van der Waals surface area contributed by atoms with Gasteiger partial charge in [-0.15, -0.1) is 11.8 Å². The van der Waals surface area contributed by atoms with E-state index in [2.05, 4.69) is 17.5 Å². The van der Waals surface area contributed by atoms with E-state index in [4.69, 9.17) is 16.3 Å². The van der Waals surface area contributed by atoms with Crippen LogP contribution >= 0.6 is 23.4 Å². The number of hydrogen-bond acceptors (Lipinski definition) is 4. The average Bonchev–Trinajstić information content (AvgIpc) is 2.65. The summed E-state index contributed by atoms with van der Waals surface area (Å²) in [5.41, 5.74) is 3.45. The van der Waals surface area contributed by atoms with Gasteiger partial charge in [0.25, 0.3) is 0 Å². The van der Waals surface area contributed by atoms with E-state index in [9.17, 15) is 4.79 Å². The Morgan fingerprint density at radius 3 is 2.62 bits per heavy atom. The van der Waals surface area contributed by atoms with Gasteiger partial charge in [-0.25, -0.2) is 5.43 Å². The van der Waals surface area contributed by atoms with Gasteiger partial charge in [0.2, 0.25) is 5.91 Å². The van der Waals surface area contributed by atoms with Gasteiger partial charge in [-0.1, -0.05) is 24.9 Å². The van der Waals surface area contributed by atoms with E-state index in [0.717, 1.165) is 35.7 Å². The predicted octanol–water partition coefficient (Wildman–Crippen LogP) is 5.15. The highest BCUT2D eigenvalue weighted by Crippen LogP contribution is 2.20. The van der Waals surface area contributed by atoms with Crippen LogP contribution in [-0.2, 0) is 4.79 Å². The Morgan fingerprint density at radius 2 is 1.92 bits per heavy atom. The minimum atomic E-state index is -0.109. The van der Waals surface area contributed by atoms with E-state index in [0.29, 0.717) is 17.2 Å². The van der Waals surface area contributed by atoms with Crippen molar-refractivity contribution >= 4 is 35.5 Å². The van der Waals surface area contributed by atoms with Crippen LogP contribution in [0.25, 0.3) is 0 Å². The quantitative estimate of drug-likeness (QED) is 0.264. The standard InChI is InChI=1S/C20H23ClN2O2S/c1-2-3-13-25-18-8-4-16(5-9-18)15-22-23-20(24)12-14-26-19-10-6-17(21)7-11-19/h4-11,15H,2-3,12-14H2,1H3,(H,23,24)/b22-15-. The summed E-state index contributed by atoms with van der Waals surface area (Å²) < 4.78 is 5.61. The minimum Gasteiger partial charge on any atom is -0.494 e. The van der Waals surface area contributed by atoms with Crippen molar-refractivity contribution in [2.45, 2.75) is 31.1 Å². The van der Waals surface area contributed by atoms with Crippen molar-refractivity contribution in [2.75, 3.05) is 12.4 Å². The number of hydrazone groups is 1. The molecule has 0 fully saturated rings. The van der Waals surface area contributed by atoms with Crippen LogP contribution in [0.5, 0.6) is 5.75 Å². The molecule has 2 aromatic rings. The molecule has 6 heteroatoms. The lowest BCUT2D eigenvalue weighted by molar-refractivity contribution is -0.120. The summed E-state index contributed by atoms with van der Waals surface area (Å²) in [7, 11) is 0. The molecule has 2 rings (SSSR count). The molecular weight excluding hydrogens is 368 g/mol. The fraction of sp³-hybridized carbons (Fsp3) is 0.300. The van der Waals surface area contributed by atoms with Gasteiger partial charge >= 0.3 is 0 Å². The molecule has 0 saturated carbocycles. The maximum atomic E-state index is 11.8. The van der Waals surface area contributed by atoms with E-state index < -0.39 is 0 Å². The number of nitrogens with zero attached hydrogens (tertiary/aromatic N) is 1. The molecule has 0 saturated heterocycles. The maximum Gasteiger partial charge on any atom is 0.240 e. The van der Waals surface area contributed by atoms with Crippen LogP contribution in [0.4, 0.5) is 0 Å². The van der Waals surface area contributed by atoms with E-state index in [-0.39, 0.29) is 5.91 Å². The van der Waals surface area contributed by atoms with Crippen LogP contribution in [0.15, 0.2) is 58.5 Å². The zero-order chi connectivity index (χ0) is 18.6. The molecule has 0 aromatic heterocycles. The second-order valence-corrected chi connectivity index (χ2v) is 7.22. The van der Waals surface area contributed by atoms with Crippen LogP contribution in [0.1, 0.15) is 31.7 Å². The Morgan fingerprint density at radius 1 is 1.19 bits per heavy atom. The topological polar surface area (TPSA) is 50.7 Å². The zero-order valence-corrected chi connectivity index (χ0v) is 16.4. The number of thioether (sulfide) groups is 1. The van der Waals surface area contributed by atoms with Gasteiger partial charge in [-0.3, -0.25) is 4.79 Å². The molecule has 2 aromatic carbocycles. The molecular formula is C20H23ClN2O2S. The van der Waals surface area contributed by atoms with Gasteiger partial charge in [0.15, 0.2) is 0 Å². The van der Waals surface area contributed by atoms with Crippen molar-refractivity contribution in [2.24, 2.45) is 5.10 Å². The Bertz CT molecular complexity index is 703. The number of halogens is 1. The fourth-order valence-corrected chi connectivity index (χ4v) is 2.99. The molecule has 0 heterocycles. The Kier molecular flexibility index (Phi) is 9.07. The van der Waals surface area contributed by atoms with Gasteiger partial charge in [0.1, 0.15) is 5.75 Å². The van der Waals surface area contributed by atoms with Crippen LogP contribution in [0.2, 0.25) is 5.02 Å². The summed E-state index contributed by atoms with van der Waals surface area (Å²) in [5.74, 6) is 1.42. The lowest BCUT2D eigenvalue weighted by Crippen LogP contribution is -2.17. The highest BCUT2D eigenvalue weighted by Gasteiger charge is 2.01. The molecule has 0 bridgehead atoms. The Labute approximate surface area is 164 Å². The van der Waals surface area contributed by atoms with Gasteiger partial charge in [0.05, 0.1) is 12.8 Å². The first-order valence-corrected chi connectivity index (χ1v) is 9.97. The summed E-state index contributed by atoms with van der Waals surface area (Å²) in [6.07, 6.45) is 4.18. The van der Waals surface area contributed by atoms with Crippen LogP contribution in [0, 0.1) is 0 Å². The van der Waals surface area contributed by atoms with Gasteiger partial charge in [-0.05, 0) is 60.5 Å². The number of benzene rings is 2. The summed E-state index contributed by atoms with van der Waals surface area (Å²) >= 11 is 7.46. The number of carbonyl (C=O) groups is 1. The first kappa shape index (κ1) is 20.3. The monoisotopic (exact) mass is 390 g/mol. The largest absolute Gasteiger partial charge is 0.494 e. The molecule has 4 nitrogen and oxygen atoms in total. The van der Waals surface area contributed by atoms with Crippen molar-refractivity contribution in [1.29, 1.82) is 0 Å². The third-order valence-corrected chi connectivity index (χ3v) is 4.73.